The van der Waals surface area contributed by atoms with Gasteiger partial charge in [-0.15, -0.1) is 0 Å². The fourth-order valence-electron chi connectivity index (χ4n) is 2.86. The summed E-state index contributed by atoms with van der Waals surface area (Å²) in [6.45, 7) is 8.01. The molecule has 0 spiro atoms. The van der Waals surface area contributed by atoms with Crippen LogP contribution in [0.15, 0.2) is 53.5 Å². The summed E-state index contributed by atoms with van der Waals surface area (Å²) in [6, 6.07) is 15.5. The van der Waals surface area contributed by atoms with Gasteiger partial charge in [0.1, 0.15) is 5.82 Å². The Labute approximate surface area is 142 Å². The van der Waals surface area contributed by atoms with E-state index in [4.69, 9.17) is 0 Å². The topological polar surface area (TPSA) is 17.3 Å². The summed E-state index contributed by atoms with van der Waals surface area (Å²) in [6.07, 6.45) is 1.85. The molecule has 3 aromatic rings. The lowest BCUT2D eigenvalue weighted by molar-refractivity contribution is 0.618. The van der Waals surface area contributed by atoms with E-state index in [0.29, 0.717) is 5.56 Å². The molecule has 1 aromatic heterocycles. The quantitative estimate of drug-likeness (QED) is 0.559. The highest BCUT2D eigenvalue weighted by Gasteiger charge is 2.09. The molecule has 0 aliphatic carbocycles. The molecular formula is C21H21FN2. The standard InChI is InChI=1S/C21H21FN2/c1-14-5-8-20(9-6-14)24-16(3)12-18(17(24)4)13-23-19-7-10-21(22)15(2)11-19/h5-13H,1-4H3. The van der Waals surface area contributed by atoms with Gasteiger partial charge in [-0.2, -0.15) is 0 Å². The summed E-state index contributed by atoms with van der Waals surface area (Å²) in [7, 11) is 0. The van der Waals surface area contributed by atoms with Crippen molar-refractivity contribution in [1.82, 2.24) is 4.57 Å². The summed E-state index contributed by atoms with van der Waals surface area (Å²) in [5.74, 6) is -0.202. The molecule has 2 nitrogen and oxygen atoms in total. The van der Waals surface area contributed by atoms with Gasteiger partial charge in [0.15, 0.2) is 0 Å². The van der Waals surface area contributed by atoms with Crippen LogP contribution in [-0.2, 0) is 0 Å². The van der Waals surface area contributed by atoms with E-state index in [1.165, 1.54) is 11.6 Å². The Balaban J connectivity index is 1.95. The molecule has 0 aliphatic heterocycles. The van der Waals surface area contributed by atoms with Crippen LogP contribution in [0.4, 0.5) is 10.1 Å². The molecule has 0 saturated heterocycles. The lowest BCUT2D eigenvalue weighted by Gasteiger charge is -2.09. The summed E-state index contributed by atoms with van der Waals surface area (Å²) in [4.78, 5) is 4.50. The average Bonchev–Trinajstić information content (AvgIpc) is 2.84. The second-order valence-electron chi connectivity index (χ2n) is 6.19. The zero-order valence-electron chi connectivity index (χ0n) is 14.5. The molecule has 3 rings (SSSR count). The SMILES string of the molecule is Cc1ccc(-n2c(C)cc(C=Nc3ccc(F)c(C)c3)c2C)cc1. The maximum absolute atomic E-state index is 13.3. The van der Waals surface area contributed by atoms with Crippen molar-refractivity contribution < 1.29 is 4.39 Å². The predicted molar refractivity (Wildman–Crippen MR) is 98.4 cm³/mol. The van der Waals surface area contributed by atoms with Crippen molar-refractivity contribution in [2.24, 2.45) is 4.99 Å². The largest absolute Gasteiger partial charge is 0.318 e. The molecule has 0 radical (unpaired) electrons. The Hall–Kier alpha value is -2.68. The lowest BCUT2D eigenvalue weighted by atomic mass is 10.2. The Morgan fingerprint density at radius 3 is 2.29 bits per heavy atom. The van der Waals surface area contributed by atoms with E-state index in [0.717, 1.165) is 28.3 Å². The van der Waals surface area contributed by atoms with Crippen molar-refractivity contribution in [2.45, 2.75) is 27.7 Å². The van der Waals surface area contributed by atoms with Gasteiger partial charge < -0.3 is 4.57 Å². The Kier molecular flexibility index (Phi) is 4.34. The normalized spacial score (nSPS) is 11.4. The minimum absolute atomic E-state index is 0.202. The fraction of sp³-hybridized carbons (Fsp3) is 0.190. The van der Waals surface area contributed by atoms with E-state index < -0.39 is 0 Å². The van der Waals surface area contributed by atoms with Crippen LogP contribution < -0.4 is 0 Å². The smallest absolute Gasteiger partial charge is 0.126 e. The molecular weight excluding hydrogens is 299 g/mol. The third-order valence-electron chi connectivity index (χ3n) is 4.26. The van der Waals surface area contributed by atoms with Crippen LogP contribution in [0.25, 0.3) is 5.69 Å². The van der Waals surface area contributed by atoms with E-state index in [1.54, 1.807) is 19.1 Å². The van der Waals surface area contributed by atoms with E-state index in [9.17, 15) is 4.39 Å². The van der Waals surface area contributed by atoms with Crippen LogP contribution in [0.5, 0.6) is 0 Å². The number of benzene rings is 2. The van der Waals surface area contributed by atoms with Gasteiger partial charge in [0, 0.05) is 28.9 Å². The Morgan fingerprint density at radius 1 is 0.917 bits per heavy atom. The highest BCUT2D eigenvalue weighted by Crippen LogP contribution is 2.22. The van der Waals surface area contributed by atoms with Crippen molar-refractivity contribution in [3.8, 4) is 5.69 Å². The molecule has 122 valence electrons. The summed E-state index contributed by atoms with van der Waals surface area (Å²) in [5, 5.41) is 0. The second-order valence-corrected chi connectivity index (χ2v) is 6.19. The lowest BCUT2D eigenvalue weighted by Crippen LogP contribution is -1.99. The summed E-state index contributed by atoms with van der Waals surface area (Å²) >= 11 is 0. The predicted octanol–water partition coefficient (Wildman–Crippen LogP) is 5.60. The third kappa shape index (κ3) is 3.16. The highest BCUT2D eigenvalue weighted by atomic mass is 19.1. The van der Waals surface area contributed by atoms with Gasteiger partial charge in [0.05, 0.1) is 5.69 Å². The Morgan fingerprint density at radius 2 is 1.62 bits per heavy atom. The Bertz CT molecular complexity index is 902. The zero-order chi connectivity index (χ0) is 17.3. The number of hydrogen-bond donors (Lipinski definition) is 0. The van der Waals surface area contributed by atoms with E-state index in [2.05, 4.69) is 60.7 Å². The van der Waals surface area contributed by atoms with Crippen molar-refractivity contribution in [3.05, 3.63) is 82.4 Å². The van der Waals surface area contributed by atoms with Crippen molar-refractivity contribution in [2.75, 3.05) is 0 Å². The highest BCUT2D eigenvalue weighted by molar-refractivity contribution is 5.84. The first-order valence-electron chi connectivity index (χ1n) is 8.02. The van der Waals surface area contributed by atoms with Gasteiger partial charge >= 0.3 is 0 Å². The van der Waals surface area contributed by atoms with Crippen LogP contribution in [-0.4, -0.2) is 10.8 Å². The molecule has 0 N–H and O–H groups in total. The molecule has 0 unspecified atom stereocenters. The minimum atomic E-state index is -0.202. The van der Waals surface area contributed by atoms with Crippen LogP contribution >= 0.6 is 0 Å². The van der Waals surface area contributed by atoms with E-state index in [1.807, 2.05) is 6.21 Å². The van der Waals surface area contributed by atoms with E-state index in [-0.39, 0.29) is 5.82 Å². The molecule has 0 amide bonds. The fourth-order valence-corrected chi connectivity index (χ4v) is 2.86. The van der Waals surface area contributed by atoms with Gasteiger partial charge in [0.2, 0.25) is 0 Å². The first-order chi connectivity index (χ1) is 11.5. The van der Waals surface area contributed by atoms with Gasteiger partial charge in [0.25, 0.3) is 0 Å². The van der Waals surface area contributed by atoms with Gasteiger partial charge in [-0.3, -0.25) is 4.99 Å². The number of nitrogens with zero attached hydrogens (tertiary/aromatic N) is 2. The second kappa shape index (κ2) is 6.44. The first kappa shape index (κ1) is 16.2. The molecule has 0 bridgehead atoms. The monoisotopic (exact) mass is 320 g/mol. The number of aryl methyl sites for hydroxylation is 3. The molecule has 0 fully saturated rings. The van der Waals surface area contributed by atoms with Crippen LogP contribution in [0.2, 0.25) is 0 Å². The van der Waals surface area contributed by atoms with Gasteiger partial charge in [-0.1, -0.05) is 17.7 Å². The maximum Gasteiger partial charge on any atom is 0.126 e. The zero-order valence-corrected chi connectivity index (χ0v) is 14.5. The number of rotatable bonds is 3. The molecule has 0 atom stereocenters. The average molecular weight is 320 g/mol. The molecule has 2 aromatic carbocycles. The van der Waals surface area contributed by atoms with Crippen LogP contribution in [0.3, 0.4) is 0 Å². The third-order valence-corrected chi connectivity index (χ3v) is 4.26. The van der Waals surface area contributed by atoms with Crippen molar-refractivity contribution >= 4 is 11.9 Å². The molecule has 0 saturated carbocycles. The number of aliphatic imine (C=N–C) groups is 1. The number of halogens is 1. The molecule has 0 aliphatic rings. The van der Waals surface area contributed by atoms with Gasteiger partial charge in [-0.25, -0.2) is 4.39 Å². The summed E-state index contributed by atoms with van der Waals surface area (Å²) in [5.41, 5.74) is 7.12. The van der Waals surface area contributed by atoms with Crippen LogP contribution in [0, 0.1) is 33.5 Å². The van der Waals surface area contributed by atoms with Crippen molar-refractivity contribution in [3.63, 3.8) is 0 Å². The summed E-state index contributed by atoms with van der Waals surface area (Å²) < 4.78 is 15.6. The minimum Gasteiger partial charge on any atom is -0.318 e. The van der Waals surface area contributed by atoms with E-state index >= 15 is 0 Å². The number of aromatic nitrogens is 1. The maximum atomic E-state index is 13.3. The molecule has 3 heteroatoms. The van der Waals surface area contributed by atoms with Crippen molar-refractivity contribution in [1.29, 1.82) is 0 Å². The molecule has 1 heterocycles. The molecule has 24 heavy (non-hydrogen) atoms. The van der Waals surface area contributed by atoms with Gasteiger partial charge in [-0.05, 0) is 69.7 Å². The van der Waals surface area contributed by atoms with Crippen LogP contribution in [0.1, 0.15) is 28.1 Å². The first-order valence-corrected chi connectivity index (χ1v) is 8.02. The number of hydrogen-bond acceptors (Lipinski definition) is 1.